The van der Waals surface area contributed by atoms with Crippen LogP contribution in [0.15, 0.2) is 77.8 Å². The van der Waals surface area contributed by atoms with Crippen LogP contribution >= 0.6 is 0 Å². The Morgan fingerprint density at radius 2 is 2.00 bits per heavy atom. The summed E-state index contributed by atoms with van der Waals surface area (Å²) in [7, 11) is 0. The van der Waals surface area contributed by atoms with Crippen LogP contribution in [0.5, 0.6) is 0 Å². The first kappa shape index (κ1) is 14.9. The highest BCUT2D eigenvalue weighted by atomic mass is 16.3. The number of allylic oxidation sites excluding steroid dienone is 7. The van der Waals surface area contributed by atoms with Crippen molar-refractivity contribution >= 4 is 22.6 Å². The standard InChI is InChI=1S/C20H20O/c1-5-8-16(7-3)17-10-12-20-18(13-17)14-19(21-20)11-9-15(4)6-2/h5-14H,1,3H2,2,4H3/b11-9-,15-6-,16-8+. The van der Waals surface area contributed by atoms with Gasteiger partial charge in [-0.2, -0.15) is 0 Å². The number of benzene rings is 1. The Hall–Kier alpha value is -2.54. The van der Waals surface area contributed by atoms with E-state index in [1.54, 1.807) is 6.08 Å². The molecule has 0 aliphatic rings. The number of furan rings is 1. The summed E-state index contributed by atoms with van der Waals surface area (Å²) in [6, 6.07) is 8.18. The molecule has 1 heteroatoms. The van der Waals surface area contributed by atoms with E-state index in [1.165, 1.54) is 5.57 Å². The normalized spacial score (nSPS) is 13.0. The van der Waals surface area contributed by atoms with Crippen molar-refractivity contribution in [3.8, 4) is 0 Å². The van der Waals surface area contributed by atoms with Gasteiger partial charge in [-0.3, -0.25) is 0 Å². The molecule has 0 amide bonds. The van der Waals surface area contributed by atoms with Crippen LogP contribution in [0.1, 0.15) is 25.2 Å². The van der Waals surface area contributed by atoms with Crippen LogP contribution < -0.4 is 0 Å². The Morgan fingerprint density at radius 3 is 2.67 bits per heavy atom. The van der Waals surface area contributed by atoms with Crippen molar-refractivity contribution in [2.24, 2.45) is 0 Å². The molecule has 0 saturated heterocycles. The van der Waals surface area contributed by atoms with Crippen LogP contribution in [-0.4, -0.2) is 0 Å². The molecule has 0 saturated carbocycles. The molecule has 0 fully saturated rings. The van der Waals surface area contributed by atoms with Gasteiger partial charge in [0.2, 0.25) is 0 Å². The summed E-state index contributed by atoms with van der Waals surface area (Å²) >= 11 is 0. The van der Waals surface area contributed by atoms with Gasteiger partial charge < -0.3 is 4.42 Å². The quantitative estimate of drug-likeness (QED) is 0.595. The SMILES string of the molecule is C=C/C=C(\C=C)c1ccc2oc(/C=C\C(C)=C/C)cc2c1. The number of fused-ring (bicyclic) bond motifs is 1. The van der Waals surface area contributed by atoms with Crippen LogP contribution in [0.3, 0.4) is 0 Å². The minimum Gasteiger partial charge on any atom is -0.457 e. The molecule has 2 rings (SSSR count). The van der Waals surface area contributed by atoms with Crippen LogP contribution in [0.25, 0.3) is 22.6 Å². The predicted octanol–water partition coefficient (Wildman–Crippen LogP) is 6.17. The Kier molecular flexibility index (Phi) is 4.78. The predicted molar refractivity (Wildman–Crippen MR) is 93.1 cm³/mol. The first-order valence-corrected chi connectivity index (χ1v) is 6.98. The topological polar surface area (TPSA) is 13.1 Å². The number of hydrogen-bond acceptors (Lipinski definition) is 1. The molecule has 2 aromatic rings. The molecule has 0 aliphatic carbocycles. The highest BCUT2D eigenvalue weighted by molar-refractivity contribution is 5.86. The maximum Gasteiger partial charge on any atom is 0.134 e. The second kappa shape index (κ2) is 6.76. The van der Waals surface area contributed by atoms with Crippen LogP contribution in [0.2, 0.25) is 0 Å². The van der Waals surface area contributed by atoms with Gasteiger partial charge in [0.05, 0.1) is 0 Å². The van der Waals surface area contributed by atoms with Gasteiger partial charge in [0.25, 0.3) is 0 Å². The zero-order valence-corrected chi connectivity index (χ0v) is 12.6. The van der Waals surface area contributed by atoms with Gasteiger partial charge in [-0.05, 0) is 49.3 Å². The van der Waals surface area contributed by atoms with Crippen molar-refractivity contribution in [3.63, 3.8) is 0 Å². The van der Waals surface area contributed by atoms with Gasteiger partial charge in [0.15, 0.2) is 0 Å². The van der Waals surface area contributed by atoms with Crippen molar-refractivity contribution in [3.05, 3.63) is 84.7 Å². The van der Waals surface area contributed by atoms with Gasteiger partial charge in [-0.1, -0.05) is 55.2 Å². The summed E-state index contributed by atoms with van der Waals surface area (Å²) in [5.74, 6) is 0.858. The third-order valence-corrected chi connectivity index (χ3v) is 3.35. The summed E-state index contributed by atoms with van der Waals surface area (Å²) < 4.78 is 5.81. The monoisotopic (exact) mass is 276 g/mol. The second-order valence-electron chi connectivity index (χ2n) is 4.83. The highest BCUT2D eigenvalue weighted by Gasteiger charge is 2.04. The van der Waals surface area contributed by atoms with Gasteiger partial charge >= 0.3 is 0 Å². The summed E-state index contributed by atoms with van der Waals surface area (Å²) in [4.78, 5) is 0. The lowest BCUT2D eigenvalue weighted by atomic mass is 10.0. The van der Waals surface area contributed by atoms with Gasteiger partial charge in [-0.15, -0.1) is 0 Å². The van der Waals surface area contributed by atoms with E-state index in [0.29, 0.717) is 0 Å². The third kappa shape index (κ3) is 3.51. The van der Waals surface area contributed by atoms with Crippen LogP contribution in [0, 0.1) is 0 Å². The van der Waals surface area contributed by atoms with Crippen molar-refractivity contribution < 1.29 is 4.42 Å². The van der Waals surface area contributed by atoms with E-state index >= 15 is 0 Å². The minimum absolute atomic E-state index is 0.858. The Bertz CT molecular complexity index is 751. The van der Waals surface area contributed by atoms with E-state index < -0.39 is 0 Å². The van der Waals surface area contributed by atoms with Gasteiger partial charge in [0, 0.05) is 5.39 Å². The largest absolute Gasteiger partial charge is 0.457 e. The summed E-state index contributed by atoms with van der Waals surface area (Å²) in [6.45, 7) is 11.7. The lowest BCUT2D eigenvalue weighted by molar-refractivity contribution is 0.604. The van der Waals surface area contributed by atoms with Crippen LogP contribution in [-0.2, 0) is 0 Å². The van der Waals surface area contributed by atoms with E-state index in [-0.39, 0.29) is 0 Å². The van der Waals surface area contributed by atoms with Crippen molar-refractivity contribution in [1.82, 2.24) is 0 Å². The zero-order valence-electron chi connectivity index (χ0n) is 12.6. The fraction of sp³-hybridized carbons (Fsp3) is 0.100. The van der Waals surface area contributed by atoms with E-state index in [1.807, 2.05) is 49.4 Å². The molecule has 21 heavy (non-hydrogen) atoms. The third-order valence-electron chi connectivity index (χ3n) is 3.35. The molecular weight excluding hydrogens is 256 g/mol. The maximum absolute atomic E-state index is 5.81. The molecule has 1 aromatic heterocycles. The molecular formula is C20H20O. The molecule has 0 radical (unpaired) electrons. The molecule has 1 nitrogen and oxygen atoms in total. The van der Waals surface area contributed by atoms with E-state index in [9.17, 15) is 0 Å². The average Bonchev–Trinajstić information content (AvgIpc) is 2.92. The van der Waals surface area contributed by atoms with Crippen molar-refractivity contribution in [2.45, 2.75) is 13.8 Å². The van der Waals surface area contributed by atoms with Crippen molar-refractivity contribution in [1.29, 1.82) is 0 Å². The maximum atomic E-state index is 5.81. The molecule has 1 aromatic carbocycles. The first-order chi connectivity index (χ1) is 10.2. The molecule has 0 atom stereocenters. The lowest BCUT2D eigenvalue weighted by Gasteiger charge is -2.00. The zero-order chi connectivity index (χ0) is 15.2. The molecule has 0 spiro atoms. The fourth-order valence-corrected chi connectivity index (χ4v) is 2.04. The molecule has 0 unspecified atom stereocenters. The first-order valence-electron chi connectivity index (χ1n) is 6.98. The molecule has 0 bridgehead atoms. The van der Waals surface area contributed by atoms with Gasteiger partial charge in [0.1, 0.15) is 11.3 Å². The van der Waals surface area contributed by atoms with Crippen molar-refractivity contribution in [2.75, 3.05) is 0 Å². The van der Waals surface area contributed by atoms with Gasteiger partial charge in [-0.25, -0.2) is 0 Å². The Balaban J connectivity index is 2.41. The smallest absolute Gasteiger partial charge is 0.134 e. The van der Waals surface area contributed by atoms with E-state index in [0.717, 1.165) is 27.9 Å². The average molecular weight is 276 g/mol. The Morgan fingerprint density at radius 1 is 1.19 bits per heavy atom. The lowest BCUT2D eigenvalue weighted by Crippen LogP contribution is -1.79. The highest BCUT2D eigenvalue weighted by Crippen LogP contribution is 2.25. The van der Waals surface area contributed by atoms with Crippen LogP contribution in [0.4, 0.5) is 0 Å². The summed E-state index contributed by atoms with van der Waals surface area (Å²) in [5.41, 5.74) is 4.26. The Labute approximate surface area is 126 Å². The molecule has 0 N–H and O–H groups in total. The summed E-state index contributed by atoms with van der Waals surface area (Å²) in [6.07, 6.45) is 11.6. The van der Waals surface area contributed by atoms with E-state index in [2.05, 4.69) is 32.2 Å². The minimum atomic E-state index is 0.858. The number of hydrogen-bond donors (Lipinski definition) is 0. The molecule has 106 valence electrons. The number of rotatable bonds is 5. The molecule has 1 heterocycles. The molecule has 0 aliphatic heterocycles. The van der Waals surface area contributed by atoms with E-state index in [4.69, 9.17) is 4.42 Å². The second-order valence-corrected chi connectivity index (χ2v) is 4.83. The fourth-order valence-electron chi connectivity index (χ4n) is 2.04. The summed E-state index contributed by atoms with van der Waals surface area (Å²) in [5, 5.41) is 1.09.